The summed E-state index contributed by atoms with van der Waals surface area (Å²) in [5, 5.41) is 2.44. The molecular formula is C12H7Cl4NS2. The molecule has 0 aliphatic carbocycles. The van der Waals surface area contributed by atoms with Gasteiger partial charge in [-0.2, -0.15) is 4.13 Å². The predicted octanol–water partition coefficient (Wildman–Crippen LogP) is 6.60. The van der Waals surface area contributed by atoms with Gasteiger partial charge in [-0.25, -0.2) is 0 Å². The largest absolute Gasteiger partial charge is 0.199 e. The molecule has 0 saturated heterocycles. The third-order valence-corrected chi connectivity index (χ3v) is 5.23. The first-order valence-corrected chi connectivity index (χ1v) is 8.19. The summed E-state index contributed by atoms with van der Waals surface area (Å²) in [6.45, 7) is 0. The monoisotopic (exact) mass is 369 g/mol. The molecule has 0 unspecified atom stereocenters. The summed E-state index contributed by atoms with van der Waals surface area (Å²) >= 11 is 26.6. The van der Waals surface area contributed by atoms with Crippen LogP contribution in [0.4, 0.5) is 0 Å². The lowest BCUT2D eigenvalue weighted by Gasteiger charge is -2.07. The summed E-state index contributed by atoms with van der Waals surface area (Å²) in [6.07, 6.45) is 0. The van der Waals surface area contributed by atoms with Gasteiger partial charge in [0.1, 0.15) is 0 Å². The first-order chi connectivity index (χ1) is 9.06. The van der Waals surface area contributed by atoms with Crippen LogP contribution in [-0.4, -0.2) is 0 Å². The van der Waals surface area contributed by atoms with E-state index >= 15 is 0 Å². The molecule has 0 heterocycles. The van der Waals surface area contributed by atoms with Gasteiger partial charge in [0, 0.05) is 19.8 Å². The van der Waals surface area contributed by atoms with Gasteiger partial charge >= 0.3 is 0 Å². The molecule has 100 valence electrons. The minimum absolute atomic E-state index is 0.604. The summed E-state index contributed by atoms with van der Waals surface area (Å²) in [4.78, 5) is 1.78. The van der Waals surface area contributed by atoms with Crippen LogP contribution < -0.4 is 4.13 Å². The van der Waals surface area contributed by atoms with E-state index in [1.807, 2.05) is 12.1 Å². The molecule has 0 aliphatic heterocycles. The van der Waals surface area contributed by atoms with E-state index < -0.39 is 0 Å². The van der Waals surface area contributed by atoms with E-state index in [4.69, 9.17) is 46.4 Å². The Morgan fingerprint density at radius 3 is 1.47 bits per heavy atom. The van der Waals surface area contributed by atoms with Gasteiger partial charge in [-0.05, 0) is 60.3 Å². The fraction of sp³-hybridized carbons (Fsp3) is 0. The number of nitrogens with one attached hydrogen (secondary N) is 1. The molecule has 0 amide bonds. The molecule has 1 N–H and O–H groups in total. The van der Waals surface area contributed by atoms with Crippen LogP contribution in [0.3, 0.4) is 0 Å². The number of halogens is 4. The van der Waals surface area contributed by atoms with Crippen molar-refractivity contribution < 1.29 is 0 Å². The third kappa shape index (κ3) is 4.64. The SMILES string of the molecule is Clc1ccc(SNSc2ccc(Cl)cc2Cl)c(Cl)c1. The highest BCUT2D eigenvalue weighted by molar-refractivity contribution is 8.12. The summed E-state index contributed by atoms with van der Waals surface area (Å²) in [5.41, 5.74) is 0. The van der Waals surface area contributed by atoms with Gasteiger partial charge in [0.2, 0.25) is 0 Å². The van der Waals surface area contributed by atoms with E-state index in [0.717, 1.165) is 9.79 Å². The van der Waals surface area contributed by atoms with Crippen molar-refractivity contribution in [1.29, 1.82) is 0 Å². The molecule has 1 nitrogen and oxygen atoms in total. The van der Waals surface area contributed by atoms with Gasteiger partial charge < -0.3 is 0 Å². The Hall–Kier alpha value is 0.260. The fourth-order valence-corrected chi connectivity index (χ4v) is 3.74. The van der Waals surface area contributed by atoms with E-state index in [1.54, 1.807) is 24.3 Å². The van der Waals surface area contributed by atoms with Crippen molar-refractivity contribution >= 4 is 70.3 Å². The number of hydrogen-bond donors (Lipinski definition) is 1. The lowest BCUT2D eigenvalue weighted by atomic mass is 10.4. The summed E-state index contributed by atoms with van der Waals surface area (Å²) in [6, 6.07) is 10.7. The first-order valence-electron chi connectivity index (χ1n) is 5.05. The Bertz CT molecular complexity index is 540. The second kappa shape index (κ2) is 7.32. The fourth-order valence-electron chi connectivity index (χ4n) is 1.23. The van der Waals surface area contributed by atoms with Crippen molar-refractivity contribution in [2.75, 3.05) is 0 Å². The topological polar surface area (TPSA) is 12.0 Å². The van der Waals surface area contributed by atoms with Crippen molar-refractivity contribution in [1.82, 2.24) is 4.13 Å². The molecule has 0 saturated carbocycles. The number of benzene rings is 2. The van der Waals surface area contributed by atoms with Gasteiger partial charge in [0.05, 0.1) is 10.0 Å². The van der Waals surface area contributed by atoms with Crippen molar-refractivity contribution in [3.63, 3.8) is 0 Å². The minimum atomic E-state index is 0.604. The molecule has 2 aromatic carbocycles. The lowest BCUT2D eigenvalue weighted by molar-refractivity contribution is 1.42. The molecular weight excluding hydrogens is 364 g/mol. The van der Waals surface area contributed by atoms with Crippen molar-refractivity contribution in [3.8, 4) is 0 Å². The zero-order valence-corrected chi connectivity index (χ0v) is 13.9. The van der Waals surface area contributed by atoms with E-state index in [2.05, 4.69) is 4.13 Å². The van der Waals surface area contributed by atoms with Gasteiger partial charge in [0.25, 0.3) is 0 Å². The van der Waals surface area contributed by atoms with Crippen LogP contribution in [0, 0.1) is 0 Å². The van der Waals surface area contributed by atoms with Gasteiger partial charge in [0.15, 0.2) is 0 Å². The standard InChI is InChI=1S/C12H7Cl4NS2/c13-7-1-3-11(9(15)5-7)18-17-19-12-4-2-8(14)6-10(12)16/h1-6,17H. The molecule has 2 rings (SSSR count). The highest BCUT2D eigenvalue weighted by atomic mass is 35.5. The highest BCUT2D eigenvalue weighted by Crippen LogP contribution is 2.33. The van der Waals surface area contributed by atoms with Crippen LogP contribution in [0.1, 0.15) is 0 Å². The van der Waals surface area contributed by atoms with E-state index in [-0.39, 0.29) is 0 Å². The predicted molar refractivity (Wildman–Crippen MR) is 87.8 cm³/mol. The maximum atomic E-state index is 6.07. The molecule has 19 heavy (non-hydrogen) atoms. The van der Waals surface area contributed by atoms with Gasteiger partial charge in [-0.1, -0.05) is 46.4 Å². The van der Waals surface area contributed by atoms with Crippen LogP contribution in [-0.2, 0) is 0 Å². The van der Waals surface area contributed by atoms with Crippen molar-refractivity contribution in [3.05, 3.63) is 56.5 Å². The average Bonchev–Trinajstić information content (AvgIpc) is 2.34. The Morgan fingerprint density at radius 1 is 0.684 bits per heavy atom. The smallest absolute Gasteiger partial charge is 0.0570 e. The minimum Gasteiger partial charge on any atom is -0.199 e. The average molecular weight is 371 g/mol. The Morgan fingerprint density at radius 2 is 1.11 bits per heavy atom. The van der Waals surface area contributed by atoms with Crippen LogP contribution in [0.15, 0.2) is 46.2 Å². The normalized spacial score (nSPS) is 10.7. The molecule has 0 atom stereocenters. The maximum absolute atomic E-state index is 6.07. The Labute approximate surface area is 140 Å². The third-order valence-electron chi connectivity index (χ3n) is 2.09. The summed E-state index contributed by atoms with van der Waals surface area (Å²) < 4.78 is 3.12. The van der Waals surface area contributed by atoms with Crippen LogP contribution in [0.25, 0.3) is 0 Å². The zero-order chi connectivity index (χ0) is 13.8. The summed E-state index contributed by atoms with van der Waals surface area (Å²) in [7, 11) is 0. The summed E-state index contributed by atoms with van der Waals surface area (Å²) in [5.74, 6) is 0. The number of hydrogen-bond acceptors (Lipinski definition) is 3. The lowest BCUT2D eigenvalue weighted by Crippen LogP contribution is -1.90. The second-order valence-corrected chi connectivity index (χ2v) is 7.08. The quantitative estimate of drug-likeness (QED) is 0.608. The molecule has 7 heteroatoms. The zero-order valence-electron chi connectivity index (χ0n) is 9.29. The Kier molecular flexibility index (Phi) is 6.03. The van der Waals surface area contributed by atoms with Crippen LogP contribution in [0.5, 0.6) is 0 Å². The van der Waals surface area contributed by atoms with Gasteiger partial charge in [-0.3, -0.25) is 0 Å². The van der Waals surface area contributed by atoms with Gasteiger partial charge in [-0.15, -0.1) is 0 Å². The molecule has 0 fully saturated rings. The molecule has 0 radical (unpaired) electrons. The number of rotatable bonds is 4. The highest BCUT2D eigenvalue weighted by Gasteiger charge is 2.05. The molecule has 0 spiro atoms. The van der Waals surface area contributed by atoms with E-state index in [9.17, 15) is 0 Å². The van der Waals surface area contributed by atoms with E-state index in [1.165, 1.54) is 23.9 Å². The molecule has 0 aliphatic rings. The molecule has 2 aromatic rings. The Balaban J connectivity index is 1.96. The maximum Gasteiger partial charge on any atom is 0.0570 e. The van der Waals surface area contributed by atoms with E-state index in [0.29, 0.717) is 20.1 Å². The van der Waals surface area contributed by atoms with Crippen molar-refractivity contribution in [2.45, 2.75) is 9.79 Å². The second-order valence-electron chi connectivity index (χ2n) is 3.44. The molecule has 0 aromatic heterocycles. The van der Waals surface area contributed by atoms with Crippen LogP contribution in [0.2, 0.25) is 20.1 Å². The van der Waals surface area contributed by atoms with Crippen molar-refractivity contribution in [2.24, 2.45) is 0 Å². The van der Waals surface area contributed by atoms with Crippen LogP contribution >= 0.6 is 70.3 Å². The first kappa shape index (κ1) is 15.6. The molecule has 0 bridgehead atoms.